The lowest BCUT2D eigenvalue weighted by Crippen LogP contribution is -2.27. The molecule has 0 aliphatic heterocycles. The van der Waals surface area contributed by atoms with Crippen LogP contribution in [0.1, 0.15) is 25.3 Å². The zero-order valence-electron chi connectivity index (χ0n) is 10.3. The Morgan fingerprint density at radius 2 is 1.89 bits per heavy atom. The van der Waals surface area contributed by atoms with Crippen LogP contribution in [0.5, 0.6) is 5.75 Å². The minimum Gasteiger partial charge on any atom is -0.550 e. The molecule has 0 saturated heterocycles. The number of hydrogen-bond acceptors (Lipinski definition) is 4. The van der Waals surface area contributed by atoms with Crippen LogP contribution in [-0.4, -0.2) is 18.5 Å². The Labute approximate surface area is 106 Å². The molecule has 0 bridgehead atoms. The van der Waals surface area contributed by atoms with Crippen molar-refractivity contribution in [2.24, 2.45) is 0 Å². The molecule has 0 atom stereocenters. The maximum atomic E-state index is 11.3. The number of hydrogen-bond donors (Lipinski definition) is 1. The van der Waals surface area contributed by atoms with Gasteiger partial charge < -0.3 is 20.0 Å². The van der Waals surface area contributed by atoms with E-state index >= 15 is 0 Å². The quantitative estimate of drug-likeness (QED) is 0.751. The van der Waals surface area contributed by atoms with Crippen LogP contribution in [0.15, 0.2) is 24.3 Å². The Kier molecular flexibility index (Phi) is 5.70. The summed E-state index contributed by atoms with van der Waals surface area (Å²) < 4.78 is 5.29. The summed E-state index contributed by atoms with van der Waals surface area (Å²) >= 11 is 0. The van der Waals surface area contributed by atoms with E-state index in [0.29, 0.717) is 13.2 Å². The molecule has 0 radical (unpaired) electrons. The predicted octanol–water partition coefficient (Wildman–Crippen LogP) is 0.232. The number of carboxylic acid groups (broad SMARTS) is 1. The van der Waals surface area contributed by atoms with E-state index < -0.39 is 5.97 Å². The van der Waals surface area contributed by atoms with Crippen LogP contribution in [0.25, 0.3) is 0 Å². The van der Waals surface area contributed by atoms with Gasteiger partial charge in [-0.25, -0.2) is 0 Å². The minimum atomic E-state index is -1.22. The Morgan fingerprint density at radius 1 is 1.22 bits per heavy atom. The van der Waals surface area contributed by atoms with Crippen molar-refractivity contribution in [2.45, 2.75) is 26.3 Å². The SMILES string of the molecule is CCOc1ccc(CNC(=O)CCC(=O)[O-])cc1. The lowest BCUT2D eigenvalue weighted by Gasteiger charge is -2.07. The van der Waals surface area contributed by atoms with Crippen LogP contribution in [-0.2, 0) is 16.1 Å². The van der Waals surface area contributed by atoms with Crippen molar-refractivity contribution in [1.82, 2.24) is 5.32 Å². The summed E-state index contributed by atoms with van der Waals surface area (Å²) in [5, 5.41) is 12.8. The Bertz CT molecular complexity index is 400. The van der Waals surface area contributed by atoms with E-state index in [2.05, 4.69) is 5.32 Å². The highest BCUT2D eigenvalue weighted by Gasteiger charge is 2.01. The second-order valence-electron chi connectivity index (χ2n) is 3.73. The van der Waals surface area contributed by atoms with Gasteiger partial charge in [0, 0.05) is 18.9 Å². The fourth-order valence-corrected chi connectivity index (χ4v) is 1.37. The molecule has 0 aliphatic rings. The fraction of sp³-hybridized carbons (Fsp3) is 0.385. The molecule has 1 amide bonds. The van der Waals surface area contributed by atoms with Crippen molar-refractivity contribution in [3.05, 3.63) is 29.8 Å². The van der Waals surface area contributed by atoms with Crippen LogP contribution in [0.3, 0.4) is 0 Å². The summed E-state index contributed by atoms with van der Waals surface area (Å²) in [6, 6.07) is 7.35. The van der Waals surface area contributed by atoms with Crippen LogP contribution in [0, 0.1) is 0 Å². The molecule has 5 heteroatoms. The number of carbonyl (C=O) groups is 2. The van der Waals surface area contributed by atoms with Gasteiger partial charge in [0.2, 0.25) is 5.91 Å². The van der Waals surface area contributed by atoms with E-state index in [9.17, 15) is 14.7 Å². The summed E-state index contributed by atoms with van der Waals surface area (Å²) in [5.41, 5.74) is 0.931. The molecule has 5 nitrogen and oxygen atoms in total. The molecular weight excluding hydrogens is 234 g/mol. The van der Waals surface area contributed by atoms with Crippen LogP contribution < -0.4 is 15.2 Å². The van der Waals surface area contributed by atoms with Gasteiger partial charge in [0.05, 0.1) is 6.61 Å². The summed E-state index contributed by atoms with van der Waals surface area (Å²) in [5.74, 6) is -0.733. The summed E-state index contributed by atoms with van der Waals surface area (Å²) in [4.78, 5) is 21.4. The number of benzene rings is 1. The van der Waals surface area contributed by atoms with E-state index in [1.807, 2.05) is 31.2 Å². The molecule has 0 fully saturated rings. The standard InChI is InChI=1S/C13H17NO4/c1-2-18-11-5-3-10(4-6-11)9-14-12(15)7-8-13(16)17/h3-6H,2,7-9H2,1H3,(H,14,15)(H,16,17)/p-1. The normalized spacial score (nSPS) is 9.83. The number of ether oxygens (including phenoxy) is 1. The highest BCUT2D eigenvalue weighted by atomic mass is 16.5. The largest absolute Gasteiger partial charge is 0.550 e. The Morgan fingerprint density at radius 3 is 2.44 bits per heavy atom. The van der Waals surface area contributed by atoms with E-state index in [1.165, 1.54) is 0 Å². The second kappa shape index (κ2) is 7.32. The molecule has 0 unspecified atom stereocenters. The molecule has 0 heterocycles. The molecule has 18 heavy (non-hydrogen) atoms. The second-order valence-corrected chi connectivity index (χ2v) is 3.73. The molecule has 0 spiro atoms. The average molecular weight is 250 g/mol. The van der Waals surface area contributed by atoms with Crippen LogP contribution >= 0.6 is 0 Å². The third kappa shape index (κ3) is 5.34. The van der Waals surface area contributed by atoms with Gasteiger partial charge in [-0.15, -0.1) is 0 Å². The van der Waals surface area contributed by atoms with E-state index in [0.717, 1.165) is 11.3 Å². The van der Waals surface area contributed by atoms with Crippen LogP contribution in [0.4, 0.5) is 0 Å². The Balaban J connectivity index is 2.34. The predicted molar refractivity (Wildman–Crippen MR) is 63.7 cm³/mol. The van der Waals surface area contributed by atoms with Crippen molar-refractivity contribution in [2.75, 3.05) is 6.61 Å². The Hall–Kier alpha value is -2.04. The topological polar surface area (TPSA) is 78.5 Å². The zero-order chi connectivity index (χ0) is 13.4. The van der Waals surface area contributed by atoms with Gasteiger partial charge >= 0.3 is 0 Å². The van der Waals surface area contributed by atoms with Crippen molar-refractivity contribution in [3.8, 4) is 5.75 Å². The highest BCUT2D eigenvalue weighted by Crippen LogP contribution is 2.11. The number of nitrogens with one attached hydrogen (secondary N) is 1. The third-order valence-corrected chi connectivity index (χ3v) is 2.28. The van der Waals surface area contributed by atoms with Crippen LogP contribution in [0.2, 0.25) is 0 Å². The number of aliphatic carboxylic acids is 1. The van der Waals surface area contributed by atoms with Crippen molar-refractivity contribution >= 4 is 11.9 Å². The maximum absolute atomic E-state index is 11.3. The van der Waals surface area contributed by atoms with Gasteiger partial charge in [0.1, 0.15) is 5.75 Å². The van der Waals surface area contributed by atoms with E-state index in [-0.39, 0.29) is 18.7 Å². The summed E-state index contributed by atoms with van der Waals surface area (Å²) in [7, 11) is 0. The van der Waals surface area contributed by atoms with Crippen molar-refractivity contribution < 1.29 is 19.4 Å². The number of rotatable bonds is 7. The molecule has 1 rings (SSSR count). The molecule has 1 aromatic carbocycles. The first-order valence-electron chi connectivity index (χ1n) is 5.80. The van der Waals surface area contributed by atoms with Crippen molar-refractivity contribution in [1.29, 1.82) is 0 Å². The number of carbonyl (C=O) groups excluding carboxylic acids is 2. The highest BCUT2D eigenvalue weighted by molar-refractivity contribution is 5.79. The first kappa shape index (κ1) is 14.0. The molecule has 0 saturated carbocycles. The molecule has 1 aromatic rings. The van der Waals surface area contributed by atoms with E-state index in [1.54, 1.807) is 0 Å². The monoisotopic (exact) mass is 250 g/mol. The van der Waals surface area contributed by atoms with Crippen molar-refractivity contribution in [3.63, 3.8) is 0 Å². The molecule has 0 aliphatic carbocycles. The average Bonchev–Trinajstić information content (AvgIpc) is 2.36. The van der Waals surface area contributed by atoms with Gasteiger partial charge in [-0.2, -0.15) is 0 Å². The lowest BCUT2D eigenvalue weighted by atomic mass is 10.2. The first-order chi connectivity index (χ1) is 8.61. The lowest BCUT2D eigenvalue weighted by molar-refractivity contribution is -0.305. The zero-order valence-corrected chi connectivity index (χ0v) is 10.3. The van der Waals surface area contributed by atoms with E-state index in [4.69, 9.17) is 4.74 Å². The molecule has 0 aromatic heterocycles. The molecule has 1 N–H and O–H groups in total. The maximum Gasteiger partial charge on any atom is 0.220 e. The number of amides is 1. The smallest absolute Gasteiger partial charge is 0.220 e. The third-order valence-electron chi connectivity index (χ3n) is 2.28. The van der Waals surface area contributed by atoms with Gasteiger partial charge in [-0.05, 0) is 31.0 Å². The number of carboxylic acids is 1. The molecule has 98 valence electrons. The van der Waals surface area contributed by atoms with Gasteiger partial charge in [0.25, 0.3) is 0 Å². The summed E-state index contributed by atoms with van der Waals surface area (Å²) in [6.45, 7) is 2.89. The first-order valence-corrected chi connectivity index (χ1v) is 5.80. The van der Waals surface area contributed by atoms with Gasteiger partial charge in [-0.1, -0.05) is 12.1 Å². The summed E-state index contributed by atoms with van der Waals surface area (Å²) in [6.07, 6.45) is -0.311. The van der Waals surface area contributed by atoms with Gasteiger partial charge in [-0.3, -0.25) is 4.79 Å². The van der Waals surface area contributed by atoms with Gasteiger partial charge in [0.15, 0.2) is 0 Å². The fourth-order valence-electron chi connectivity index (χ4n) is 1.37. The minimum absolute atomic E-state index is 0.0562. The molecular formula is C13H16NO4-.